The summed E-state index contributed by atoms with van der Waals surface area (Å²) in [4.78, 5) is 50.1. The van der Waals surface area contributed by atoms with Gasteiger partial charge in [0.25, 0.3) is 17.7 Å². The van der Waals surface area contributed by atoms with Crippen LogP contribution in [-0.4, -0.2) is 41.7 Å². The van der Waals surface area contributed by atoms with Crippen LogP contribution in [0.3, 0.4) is 0 Å². The third-order valence-electron chi connectivity index (χ3n) is 5.03. The Morgan fingerprint density at radius 2 is 1.63 bits per heavy atom. The lowest BCUT2D eigenvalue weighted by atomic mass is 10.1. The van der Waals surface area contributed by atoms with Crippen molar-refractivity contribution < 1.29 is 23.9 Å². The van der Waals surface area contributed by atoms with E-state index in [-0.39, 0.29) is 16.7 Å². The summed E-state index contributed by atoms with van der Waals surface area (Å²) in [5.41, 5.74) is 1.09. The molecule has 7 heteroatoms. The molecule has 0 bridgehead atoms. The van der Waals surface area contributed by atoms with Crippen molar-refractivity contribution in [2.75, 3.05) is 12.4 Å². The first-order chi connectivity index (χ1) is 14.4. The van der Waals surface area contributed by atoms with Crippen molar-refractivity contribution in [3.8, 4) is 0 Å². The number of fused-ring (bicyclic) bond motifs is 2. The van der Waals surface area contributed by atoms with E-state index in [9.17, 15) is 19.2 Å². The lowest BCUT2D eigenvalue weighted by Crippen LogP contribution is -2.30. The zero-order valence-corrected chi connectivity index (χ0v) is 16.3. The fourth-order valence-electron chi connectivity index (χ4n) is 3.34. The fraction of sp³-hybridized carbons (Fsp3) is 0.130. The van der Waals surface area contributed by atoms with Gasteiger partial charge in [-0.15, -0.1) is 0 Å². The van der Waals surface area contributed by atoms with Crippen LogP contribution in [-0.2, 0) is 9.53 Å². The van der Waals surface area contributed by atoms with Crippen molar-refractivity contribution in [3.05, 3.63) is 77.4 Å². The maximum atomic E-state index is 12.6. The van der Waals surface area contributed by atoms with Crippen LogP contribution in [0.15, 0.2) is 60.7 Å². The second-order valence-corrected chi connectivity index (χ2v) is 6.99. The Hall–Kier alpha value is -4.00. The molecule has 0 radical (unpaired) electrons. The summed E-state index contributed by atoms with van der Waals surface area (Å²) >= 11 is 0. The Labute approximate surface area is 172 Å². The van der Waals surface area contributed by atoms with E-state index in [1.807, 2.05) is 36.4 Å². The molecule has 1 aliphatic heterocycles. The molecule has 3 amide bonds. The molecule has 1 atom stereocenters. The van der Waals surface area contributed by atoms with Crippen molar-refractivity contribution in [1.82, 2.24) is 4.90 Å². The SMILES string of the molecule is CC(OC(=O)c1ccc2c(c1)C(=O)N(C)C2=O)C(=O)Nc1cccc2ccccc12. The van der Waals surface area contributed by atoms with Gasteiger partial charge < -0.3 is 10.1 Å². The maximum absolute atomic E-state index is 12.6. The topological polar surface area (TPSA) is 92.8 Å². The van der Waals surface area contributed by atoms with Crippen LogP contribution in [0.5, 0.6) is 0 Å². The fourth-order valence-corrected chi connectivity index (χ4v) is 3.34. The first-order valence-electron chi connectivity index (χ1n) is 9.33. The van der Waals surface area contributed by atoms with Gasteiger partial charge in [-0.3, -0.25) is 19.3 Å². The summed E-state index contributed by atoms with van der Waals surface area (Å²) in [5, 5.41) is 4.63. The number of esters is 1. The Balaban J connectivity index is 1.48. The van der Waals surface area contributed by atoms with E-state index >= 15 is 0 Å². The summed E-state index contributed by atoms with van der Waals surface area (Å²) in [6, 6.07) is 17.3. The highest BCUT2D eigenvalue weighted by atomic mass is 16.5. The van der Waals surface area contributed by atoms with Crippen LogP contribution in [0.25, 0.3) is 10.8 Å². The first kappa shape index (κ1) is 19.3. The third-order valence-corrected chi connectivity index (χ3v) is 5.03. The summed E-state index contributed by atoms with van der Waals surface area (Å²) in [6.45, 7) is 1.47. The molecule has 7 nitrogen and oxygen atoms in total. The number of anilines is 1. The molecule has 0 spiro atoms. The van der Waals surface area contributed by atoms with Gasteiger partial charge in [0, 0.05) is 18.1 Å². The maximum Gasteiger partial charge on any atom is 0.338 e. The monoisotopic (exact) mass is 402 g/mol. The minimum atomic E-state index is -1.07. The third kappa shape index (κ3) is 3.30. The van der Waals surface area contributed by atoms with E-state index < -0.39 is 29.8 Å². The molecular weight excluding hydrogens is 384 g/mol. The van der Waals surface area contributed by atoms with Gasteiger partial charge >= 0.3 is 5.97 Å². The van der Waals surface area contributed by atoms with Gasteiger partial charge in [0.2, 0.25) is 0 Å². The molecule has 0 saturated heterocycles. The standard InChI is InChI=1S/C23H18N2O5/c1-13(20(26)24-19-9-5-7-14-6-3-4-8-16(14)19)30-23(29)15-10-11-17-18(12-15)22(28)25(2)21(17)27/h3-13H,1-2H3,(H,24,26). The zero-order chi connectivity index (χ0) is 21.4. The van der Waals surface area contributed by atoms with Crippen molar-refractivity contribution in [3.63, 3.8) is 0 Å². The second-order valence-electron chi connectivity index (χ2n) is 6.99. The largest absolute Gasteiger partial charge is 0.449 e. The molecule has 0 fully saturated rings. The average Bonchev–Trinajstić information content (AvgIpc) is 2.97. The normalized spacial score (nSPS) is 13.9. The van der Waals surface area contributed by atoms with Gasteiger partial charge in [-0.2, -0.15) is 0 Å². The van der Waals surface area contributed by atoms with Gasteiger partial charge in [0.15, 0.2) is 6.10 Å². The molecule has 0 aliphatic carbocycles. The van der Waals surface area contributed by atoms with Crippen molar-refractivity contribution in [2.24, 2.45) is 0 Å². The van der Waals surface area contributed by atoms with E-state index in [2.05, 4.69) is 5.32 Å². The molecule has 3 aromatic rings. The van der Waals surface area contributed by atoms with Gasteiger partial charge in [-0.25, -0.2) is 4.79 Å². The summed E-state index contributed by atoms with van der Waals surface area (Å²) in [6.07, 6.45) is -1.07. The van der Waals surface area contributed by atoms with Crippen LogP contribution in [0.4, 0.5) is 5.69 Å². The minimum Gasteiger partial charge on any atom is -0.449 e. The molecule has 1 heterocycles. The van der Waals surface area contributed by atoms with Crippen LogP contribution < -0.4 is 5.32 Å². The number of nitrogens with zero attached hydrogens (tertiary/aromatic N) is 1. The van der Waals surface area contributed by atoms with E-state index in [0.717, 1.165) is 15.7 Å². The van der Waals surface area contributed by atoms with Gasteiger partial charge in [0.1, 0.15) is 0 Å². The predicted molar refractivity (Wildman–Crippen MR) is 110 cm³/mol. The predicted octanol–water partition coefficient (Wildman–Crippen LogP) is 3.25. The quantitative estimate of drug-likeness (QED) is 0.534. The van der Waals surface area contributed by atoms with Crippen molar-refractivity contribution in [1.29, 1.82) is 0 Å². The number of benzene rings is 3. The highest BCUT2D eigenvalue weighted by Gasteiger charge is 2.33. The summed E-state index contributed by atoms with van der Waals surface area (Å²) in [5.74, 6) is -2.14. The smallest absolute Gasteiger partial charge is 0.338 e. The Morgan fingerprint density at radius 1 is 0.933 bits per heavy atom. The Morgan fingerprint density at radius 3 is 2.43 bits per heavy atom. The molecule has 1 unspecified atom stereocenters. The van der Waals surface area contributed by atoms with Gasteiger partial charge in [-0.05, 0) is 36.6 Å². The van der Waals surface area contributed by atoms with Crippen LogP contribution in [0, 0.1) is 0 Å². The summed E-state index contributed by atoms with van der Waals surface area (Å²) in [7, 11) is 1.38. The number of amides is 3. The lowest BCUT2D eigenvalue weighted by molar-refractivity contribution is -0.123. The molecule has 3 aromatic carbocycles. The highest BCUT2D eigenvalue weighted by Crippen LogP contribution is 2.24. The number of ether oxygens (including phenoxy) is 1. The molecular formula is C23H18N2O5. The highest BCUT2D eigenvalue weighted by molar-refractivity contribution is 6.21. The minimum absolute atomic E-state index is 0.0926. The summed E-state index contributed by atoms with van der Waals surface area (Å²) < 4.78 is 5.27. The number of carbonyl (C=O) groups excluding carboxylic acids is 4. The number of carbonyl (C=O) groups is 4. The number of imide groups is 1. The number of hydrogen-bond acceptors (Lipinski definition) is 5. The number of hydrogen-bond donors (Lipinski definition) is 1. The van der Waals surface area contributed by atoms with E-state index in [1.165, 1.54) is 32.2 Å². The Bertz CT molecular complexity index is 1210. The van der Waals surface area contributed by atoms with Gasteiger partial charge in [-0.1, -0.05) is 36.4 Å². The van der Waals surface area contributed by atoms with Gasteiger partial charge in [0.05, 0.1) is 16.7 Å². The average molecular weight is 402 g/mol. The van der Waals surface area contributed by atoms with E-state index in [0.29, 0.717) is 5.69 Å². The van der Waals surface area contributed by atoms with Crippen molar-refractivity contribution in [2.45, 2.75) is 13.0 Å². The van der Waals surface area contributed by atoms with Crippen LogP contribution >= 0.6 is 0 Å². The molecule has 150 valence electrons. The van der Waals surface area contributed by atoms with E-state index in [1.54, 1.807) is 6.07 Å². The number of rotatable bonds is 4. The zero-order valence-electron chi connectivity index (χ0n) is 16.3. The van der Waals surface area contributed by atoms with Crippen LogP contribution in [0.1, 0.15) is 38.0 Å². The first-order valence-corrected chi connectivity index (χ1v) is 9.33. The van der Waals surface area contributed by atoms with Crippen molar-refractivity contribution >= 4 is 40.2 Å². The molecule has 0 saturated carbocycles. The number of nitrogens with one attached hydrogen (secondary N) is 1. The lowest BCUT2D eigenvalue weighted by Gasteiger charge is -2.15. The molecule has 1 N–H and O–H groups in total. The molecule has 30 heavy (non-hydrogen) atoms. The van der Waals surface area contributed by atoms with E-state index in [4.69, 9.17) is 4.74 Å². The Kier molecular flexibility index (Phi) is 4.79. The second kappa shape index (κ2) is 7.44. The molecule has 0 aromatic heterocycles. The van der Waals surface area contributed by atoms with Crippen LogP contribution in [0.2, 0.25) is 0 Å². The molecule has 1 aliphatic rings. The molecule has 4 rings (SSSR count).